The predicted molar refractivity (Wildman–Crippen MR) is 108 cm³/mol. The van der Waals surface area contributed by atoms with Gasteiger partial charge >= 0.3 is 0 Å². The van der Waals surface area contributed by atoms with Crippen LogP contribution in [-0.2, 0) is 14.4 Å². The number of benzene rings is 2. The highest BCUT2D eigenvalue weighted by Crippen LogP contribution is 2.34. The number of hydrogen-bond donors (Lipinski definition) is 1. The van der Waals surface area contributed by atoms with Gasteiger partial charge in [0.25, 0.3) is 0 Å². The van der Waals surface area contributed by atoms with Crippen LogP contribution >= 0.6 is 0 Å². The number of hydrogen-bond acceptors (Lipinski definition) is 3. The highest BCUT2D eigenvalue weighted by atomic mass is 16.2. The molecule has 1 aliphatic rings. The molecule has 1 unspecified atom stereocenters. The second-order valence-corrected chi connectivity index (χ2v) is 6.98. The molecule has 0 aromatic heterocycles. The molecular formula is C22H23N3O3. The van der Waals surface area contributed by atoms with Crippen LogP contribution in [0.3, 0.4) is 0 Å². The number of anilines is 2. The van der Waals surface area contributed by atoms with Crippen molar-refractivity contribution >= 4 is 29.1 Å². The number of fused-ring (bicyclic) bond motifs is 1. The Labute approximate surface area is 164 Å². The van der Waals surface area contributed by atoms with Gasteiger partial charge in [-0.05, 0) is 44.0 Å². The fraction of sp³-hybridized carbons (Fsp3) is 0.273. The van der Waals surface area contributed by atoms with Gasteiger partial charge in [-0.25, -0.2) is 0 Å². The zero-order chi connectivity index (χ0) is 20.3. The lowest BCUT2D eigenvalue weighted by Gasteiger charge is -2.30. The normalized spacial score (nSPS) is 16.5. The summed E-state index contributed by atoms with van der Waals surface area (Å²) in [4.78, 5) is 40.7. The van der Waals surface area contributed by atoms with Gasteiger partial charge in [-0.2, -0.15) is 0 Å². The van der Waals surface area contributed by atoms with Gasteiger partial charge in [-0.3, -0.25) is 14.4 Å². The molecule has 2 radical (unpaired) electrons. The van der Waals surface area contributed by atoms with Crippen LogP contribution in [0.5, 0.6) is 0 Å². The molecule has 0 spiro atoms. The summed E-state index contributed by atoms with van der Waals surface area (Å²) in [5.74, 6) is -1.81. The van der Waals surface area contributed by atoms with Crippen molar-refractivity contribution in [2.45, 2.75) is 32.2 Å². The molecule has 0 saturated heterocycles. The molecule has 2 aromatic carbocycles. The quantitative estimate of drug-likeness (QED) is 0.869. The van der Waals surface area contributed by atoms with Gasteiger partial charge in [0.1, 0.15) is 6.54 Å². The van der Waals surface area contributed by atoms with Crippen molar-refractivity contribution < 1.29 is 14.4 Å². The monoisotopic (exact) mass is 377 g/mol. The second-order valence-electron chi connectivity index (χ2n) is 6.98. The van der Waals surface area contributed by atoms with Crippen molar-refractivity contribution in [3.05, 3.63) is 66.6 Å². The molecule has 0 saturated carbocycles. The van der Waals surface area contributed by atoms with Gasteiger partial charge in [0, 0.05) is 17.4 Å². The molecule has 2 N–H and O–H groups in total. The number of amides is 3. The van der Waals surface area contributed by atoms with Gasteiger partial charge < -0.3 is 15.5 Å². The summed E-state index contributed by atoms with van der Waals surface area (Å²) in [6, 6.07) is 16.3. The maximum absolute atomic E-state index is 13.1. The third-order valence-electron chi connectivity index (χ3n) is 4.76. The Morgan fingerprint density at radius 3 is 2.43 bits per heavy atom. The van der Waals surface area contributed by atoms with E-state index in [1.165, 1.54) is 4.90 Å². The van der Waals surface area contributed by atoms with E-state index in [0.717, 1.165) is 5.69 Å². The van der Waals surface area contributed by atoms with E-state index in [9.17, 15) is 14.4 Å². The van der Waals surface area contributed by atoms with Crippen molar-refractivity contribution in [3.8, 4) is 0 Å². The minimum Gasteiger partial charge on any atom is -0.369 e. The summed E-state index contributed by atoms with van der Waals surface area (Å²) < 4.78 is 0. The summed E-state index contributed by atoms with van der Waals surface area (Å²) in [7, 11) is 0. The van der Waals surface area contributed by atoms with E-state index in [0.29, 0.717) is 11.3 Å². The first kappa shape index (κ1) is 19.6. The molecule has 1 aliphatic heterocycles. The molecule has 6 nitrogen and oxygen atoms in total. The largest absolute Gasteiger partial charge is 0.369 e. The molecule has 2 aromatic rings. The molecule has 0 fully saturated rings. The number of carbonyl (C=O) groups excluding carboxylic acids is 3. The zero-order valence-corrected chi connectivity index (χ0v) is 16.0. The molecular weight excluding hydrogens is 354 g/mol. The maximum Gasteiger partial charge on any atom is 0.247 e. The van der Waals surface area contributed by atoms with Crippen molar-refractivity contribution in [1.29, 1.82) is 0 Å². The average molecular weight is 377 g/mol. The van der Waals surface area contributed by atoms with Gasteiger partial charge in [0.2, 0.25) is 17.7 Å². The number of para-hydroxylation sites is 2. The first-order valence-electron chi connectivity index (χ1n) is 9.21. The average Bonchev–Trinajstić information content (AvgIpc) is 2.80. The van der Waals surface area contributed by atoms with E-state index in [1.54, 1.807) is 29.2 Å². The Bertz CT molecular complexity index is 880. The van der Waals surface area contributed by atoms with Crippen molar-refractivity contribution in [1.82, 2.24) is 0 Å². The molecule has 6 heteroatoms. The number of nitrogens with two attached hydrogens (primary N) is 1. The molecule has 3 amide bonds. The summed E-state index contributed by atoms with van der Waals surface area (Å²) in [5, 5.41) is 0. The third kappa shape index (κ3) is 3.91. The van der Waals surface area contributed by atoms with Crippen LogP contribution in [0.4, 0.5) is 11.4 Å². The van der Waals surface area contributed by atoms with Crippen molar-refractivity contribution in [2.75, 3.05) is 16.3 Å². The molecule has 1 heterocycles. The van der Waals surface area contributed by atoms with E-state index in [4.69, 9.17) is 5.73 Å². The standard InChI is InChI=1S/C22H23N3O3/c1-15(2)25(16-8-4-3-5-9-16)21(27)14-24-19-11-7-6-10-17(19)18(22(23)28)12-13-20(24)26/h3-11,15,18H,12,14H2,1-2H3,(H2,23,28). The van der Waals surface area contributed by atoms with Crippen LogP contribution in [0.25, 0.3) is 0 Å². The van der Waals surface area contributed by atoms with Gasteiger partial charge in [-0.15, -0.1) is 0 Å². The third-order valence-corrected chi connectivity index (χ3v) is 4.76. The first-order chi connectivity index (χ1) is 13.4. The number of primary amides is 1. The molecule has 0 bridgehead atoms. The van der Waals surface area contributed by atoms with Crippen molar-refractivity contribution in [3.63, 3.8) is 0 Å². The van der Waals surface area contributed by atoms with E-state index >= 15 is 0 Å². The maximum atomic E-state index is 13.1. The van der Waals surface area contributed by atoms with E-state index in [1.807, 2.05) is 44.2 Å². The smallest absolute Gasteiger partial charge is 0.247 e. The Morgan fingerprint density at radius 2 is 1.79 bits per heavy atom. The minimum atomic E-state index is -0.643. The summed E-state index contributed by atoms with van der Waals surface area (Å²) in [5.41, 5.74) is 7.44. The molecule has 3 rings (SSSR count). The molecule has 144 valence electrons. The SMILES string of the molecule is CC(C)N(C(=O)CN1C(=O)[C]CC(C(N)=O)c2ccccc21)c1ccccc1. The lowest BCUT2D eigenvalue weighted by molar-refractivity contribution is -0.121. The van der Waals surface area contributed by atoms with Crippen LogP contribution in [-0.4, -0.2) is 30.3 Å². The lowest BCUT2D eigenvalue weighted by atomic mass is 9.93. The lowest BCUT2D eigenvalue weighted by Crippen LogP contribution is -2.46. The second kappa shape index (κ2) is 8.25. The van der Waals surface area contributed by atoms with E-state index < -0.39 is 17.7 Å². The zero-order valence-electron chi connectivity index (χ0n) is 16.0. The molecule has 1 atom stereocenters. The Hall–Kier alpha value is -3.15. The number of rotatable bonds is 5. The predicted octanol–water partition coefficient (Wildman–Crippen LogP) is 2.52. The topological polar surface area (TPSA) is 83.7 Å². The minimum absolute atomic E-state index is 0.0847. The fourth-order valence-corrected chi connectivity index (χ4v) is 3.47. The summed E-state index contributed by atoms with van der Waals surface area (Å²) >= 11 is 0. The summed E-state index contributed by atoms with van der Waals surface area (Å²) in [6.07, 6.45) is 2.80. The van der Waals surface area contributed by atoms with E-state index in [2.05, 4.69) is 6.42 Å². The number of carbonyl (C=O) groups is 3. The highest BCUT2D eigenvalue weighted by Gasteiger charge is 2.33. The van der Waals surface area contributed by atoms with Crippen LogP contribution in [0, 0.1) is 6.42 Å². The van der Waals surface area contributed by atoms with Gasteiger partial charge in [-0.1, -0.05) is 36.4 Å². The Morgan fingerprint density at radius 1 is 1.14 bits per heavy atom. The first-order valence-corrected chi connectivity index (χ1v) is 9.21. The van der Waals surface area contributed by atoms with Gasteiger partial charge in [0.05, 0.1) is 12.3 Å². The van der Waals surface area contributed by atoms with Crippen molar-refractivity contribution in [2.24, 2.45) is 5.73 Å². The van der Waals surface area contributed by atoms with Crippen LogP contribution in [0.2, 0.25) is 0 Å². The van der Waals surface area contributed by atoms with Crippen LogP contribution < -0.4 is 15.5 Å². The Kier molecular flexibility index (Phi) is 5.78. The summed E-state index contributed by atoms with van der Waals surface area (Å²) in [6.45, 7) is 3.69. The Balaban J connectivity index is 1.95. The van der Waals surface area contributed by atoms with Crippen LogP contribution in [0.1, 0.15) is 31.7 Å². The highest BCUT2D eigenvalue weighted by molar-refractivity contribution is 6.08. The molecule has 0 aliphatic carbocycles. The fourth-order valence-electron chi connectivity index (χ4n) is 3.47. The van der Waals surface area contributed by atoms with Gasteiger partial charge in [0.15, 0.2) is 0 Å². The van der Waals surface area contributed by atoms with E-state index in [-0.39, 0.29) is 24.9 Å². The molecule has 28 heavy (non-hydrogen) atoms. The number of nitrogens with zero attached hydrogens (tertiary/aromatic N) is 2. The van der Waals surface area contributed by atoms with Crippen LogP contribution in [0.15, 0.2) is 54.6 Å².